The topological polar surface area (TPSA) is 63.6 Å². The number of methoxy groups -OCH3 is 1. The Morgan fingerprint density at radius 2 is 1.82 bits per heavy atom. The van der Waals surface area contributed by atoms with Crippen LogP contribution in [0.5, 0.6) is 5.75 Å². The molecule has 5 rings (SSSR count). The lowest BCUT2D eigenvalue weighted by Crippen LogP contribution is -2.48. The summed E-state index contributed by atoms with van der Waals surface area (Å²) in [6.07, 6.45) is 2.22. The quantitative estimate of drug-likeness (QED) is 0.675. The minimum Gasteiger partial charge on any atom is -0.496 e. The molecule has 34 heavy (non-hydrogen) atoms. The largest absolute Gasteiger partial charge is 0.496 e. The minimum atomic E-state index is -0.443. The second-order valence-electron chi connectivity index (χ2n) is 9.43. The molecule has 1 spiro atoms. The summed E-state index contributed by atoms with van der Waals surface area (Å²) in [6, 6.07) is 14.1. The van der Waals surface area contributed by atoms with Crippen molar-refractivity contribution in [3.8, 4) is 5.75 Å². The van der Waals surface area contributed by atoms with E-state index in [1.807, 2.05) is 24.3 Å². The summed E-state index contributed by atoms with van der Waals surface area (Å²) in [7, 11) is 1.67. The predicted molar refractivity (Wildman–Crippen MR) is 130 cm³/mol. The van der Waals surface area contributed by atoms with Crippen LogP contribution in [0.4, 0.5) is 0 Å². The molecule has 2 aromatic rings. The molecule has 180 valence electrons. The normalized spacial score (nSPS) is 22.3. The fourth-order valence-corrected chi connectivity index (χ4v) is 5.12. The summed E-state index contributed by atoms with van der Waals surface area (Å²) < 4.78 is 17.3. The lowest BCUT2D eigenvalue weighted by Gasteiger charge is -2.37. The molecule has 1 amide bonds. The molecular weight excluding hydrogens is 430 g/mol. The Morgan fingerprint density at radius 1 is 1.09 bits per heavy atom. The maximum absolute atomic E-state index is 13.6. The van der Waals surface area contributed by atoms with Gasteiger partial charge in [-0.3, -0.25) is 9.69 Å². The summed E-state index contributed by atoms with van der Waals surface area (Å²) in [6.45, 7) is 7.39. The third-order valence-corrected chi connectivity index (χ3v) is 7.29. The van der Waals surface area contributed by atoms with E-state index in [4.69, 9.17) is 19.3 Å². The van der Waals surface area contributed by atoms with E-state index in [1.165, 1.54) is 11.1 Å². The highest BCUT2D eigenvalue weighted by molar-refractivity contribution is 6.03. The van der Waals surface area contributed by atoms with Crippen molar-refractivity contribution in [1.82, 2.24) is 9.91 Å². The van der Waals surface area contributed by atoms with Crippen LogP contribution in [0.1, 0.15) is 47.6 Å². The molecule has 1 atom stereocenters. The molecule has 3 heterocycles. The number of nitrogens with zero attached hydrogens (tertiary/aromatic N) is 3. The average molecular weight is 464 g/mol. The number of piperidine rings is 1. The fourth-order valence-electron chi connectivity index (χ4n) is 5.12. The molecule has 2 aromatic carbocycles. The number of hydrogen-bond donors (Lipinski definition) is 0. The number of hydrazone groups is 1. The van der Waals surface area contributed by atoms with E-state index < -0.39 is 5.79 Å². The Bertz CT molecular complexity index is 1080. The number of aryl methyl sites for hydroxylation is 2. The maximum Gasteiger partial charge on any atom is 0.257 e. The number of hydrogen-bond acceptors (Lipinski definition) is 6. The van der Waals surface area contributed by atoms with Gasteiger partial charge in [0.05, 0.1) is 38.6 Å². The standard InChI is InChI=1S/C27H33N3O4/c1-19-8-9-21(16-20(19)2)23-17-24(22-6-4-5-7-25(22)32-3)30(28-23)26(31)18-29-12-10-27(11-13-29)33-14-15-34-27/h4-9,16,24H,10-15,17-18H2,1-3H3. The van der Waals surface area contributed by atoms with Gasteiger partial charge in [0.1, 0.15) is 5.75 Å². The van der Waals surface area contributed by atoms with Crippen molar-refractivity contribution in [1.29, 1.82) is 0 Å². The van der Waals surface area contributed by atoms with Gasteiger partial charge in [-0.15, -0.1) is 0 Å². The van der Waals surface area contributed by atoms with E-state index in [9.17, 15) is 4.79 Å². The average Bonchev–Trinajstić information content (AvgIpc) is 3.50. The van der Waals surface area contributed by atoms with Crippen LogP contribution in [0.3, 0.4) is 0 Å². The predicted octanol–water partition coefficient (Wildman–Crippen LogP) is 3.83. The third-order valence-electron chi connectivity index (χ3n) is 7.29. The molecule has 3 aliphatic heterocycles. The van der Waals surface area contributed by atoms with E-state index in [0.29, 0.717) is 26.2 Å². The van der Waals surface area contributed by atoms with Gasteiger partial charge in [0, 0.05) is 37.9 Å². The van der Waals surface area contributed by atoms with Crippen molar-refractivity contribution in [2.24, 2.45) is 5.10 Å². The number of amides is 1. The Balaban J connectivity index is 1.38. The highest BCUT2D eigenvalue weighted by atomic mass is 16.7. The van der Waals surface area contributed by atoms with Gasteiger partial charge < -0.3 is 14.2 Å². The molecule has 2 fully saturated rings. The molecule has 0 radical (unpaired) electrons. The molecule has 0 N–H and O–H groups in total. The highest BCUT2D eigenvalue weighted by Crippen LogP contribution is 2.38. The third kappa shape index (κ3) is 4.48. The van der Waals surface area contributed by atoms with Crippen LogP contribution in [0.25, 0.3) is 0 Å². The summed E-state index contributed by atoms with van der Waals surface area (Å²) >= 11 is 0. The van der Waals surface area contributed by atoms with Crippen molar-refractivity contribution < 1.29 is 19.0 Å². The van der Waals surface area contributed by atoms with Gasteiger partial charge in [-0.2, -0.15) is 5.10 Å². The van der Waals surface area contributed by atoms with Crippen LogP contribution in [0.2, 0.25) is 0 Å². The van der Waals surface area contributed by atoms with Crippen molar-refractivity contribution in [3.05, 3.63) is 64.7 Å². The molecular formula is C27H33N3O4. The highest BCUT2D eigenvalue weighted by Gasteiger charge is 2.41. The SMILES string of the molecule is COc1ccccc1C1CC(c2ccc(C)c(C)c2)=NN1C(=O)CN1CCC2(CC1)OCCO2. The summed E-state index contributed by atoms with van der Waals surface area (Å²) in [5, 5.41) is 6.54. The first-order valence-corrected chi connectivity index (χ1v) is 12.1. The molecule has 0 aromatic heterocycles. The molecule has 2 saturated heterocycles. The zero-order chi connectivity index (χ0) is 23.7. The molecule has 0 aliphatic carbocycles. The van der Waals surface area contributed by atoms with Gasteiger partial charge in [0.15, 0.2) is 5.79 Å². The van der Waals surface area contributed by atoms with Crippen LogP contribution in [-0.4, -0.2) is 67.3 Å². The van der Waals surface area contributed by atoms with E-state index in [0.717, 1.165) is 48.5 Å². The van der Waals surface area contributed by atoms with Gasteiger partial charge in [0.25, 0.3) is 5.91 Å². The zero-order valence-corrected chi connectivity index (χ0v) is 20.3. The number of likely N-dealkylation sites (tertiary alicyclic amines) is 1. The zero-order valence-electron chi connectivity index (χ0n) is 20.3. The van der Waals surface area contributed by atoms with Gasteiger partial charge >= 0.3 is 0 Å². The lowest BCUT2D eigenvalue weighted by molar-refractivity contribution is -0.186. The number of carbonyl (C=O) groups excluding carboxylic acids is 1. The van der Waals surface area contributed by atoms with Crippen molar-refractivity contribution in [3.63, 3.8) is 0 Å². The van der Waals surface area contributed by atoms with Crippen molar-refractivity contribution in [2.45, 2.75) is 44.9 Å². The van der Waals surface area contributed by atoms with Crippen LogP contribution >= 0.6 is 0 Å². The number of benzene rings is 2. The minimum absolute atomic E-state index is 0.000974. The van der Waals surface area contributed by atoms with Crippen LogP contribution in [0.15, 0.2) is 47.6 Å². The Labute approximate surface area is 201 Å². The molecule has 0 saturated carbocycles. The molecule has 7 nitrogen and oxygen atoms in total. The first-order valence-electron chi connectivity index (χ1n) is 12.1. The van der Waals surface area contributed by atoms with Crippen molar-refractivity contribution in [2.75, 3.05) is 40.0 Å². The van der Waals surface area contributed by atoms with Gasteiger partial charge in [-0.05, 0) is 42.7 Å². The lowest BCUT2D eigenvalue weighted by atomic mass is 9.96. The molecule has 0 bridgehead atoms. The van der Waals surface area contributed by atoms with E-state index in [-0.39, 0.29) is 11.9 Å². The Hall–Kier alpha value is -2.74. The second-order valence-corrected chi connectivity index (χ2v) is 9.43. The number of carbonyl (C=O) groups is 1. The molecule has 3 aliphatic rings. The maximum atomic E-state index is 13.6. The number of rotatable bonds is 5. The van der Waals surface area contributed by atoms with E-state index in [2.05, 4.69) is 36.9 Å². The summed E-state index contributed by atoms with van der Waals surface area (Å²) in [4.78, 5) is 15.8. The molecule has 1 unspecified atom stereocenters. The molecule has 7 heteroatoms. The van der Waals surface area contributed by atoms with Crippen molar-refractivity contribution >= 4 is 11.6 Å². The fraction of sp³-hybridized carbons (Fsp3) is 0.481. The Kier molecular flexibility index (Phi) is 6.42. The first kappa shape index (κ1) is 23.0. The van der Waals surface area contributed by atoms with Crippen LogP contribution in [0, 0.1) is 13.8 Å². The Morgan fingerprint density at radius 3 is 2.53 bits per heavy atom. The van der Waals surface area contributed by atoms with E-state index in [1.54, 1.807) is 12.1 Å². The van der Waals surface area contributed by atoms with Gasteiger partial charge in [-0.1, -0.05) is 30.3 Å². The van der Waals surface area contributed by atoms with Gasteiger partial charge in [-0.25, -0.2) is 5.01 Å². The van der Waals surface area contributed by atoms with Gasteiger partial charge in [0.2, 0.25) is 0 Å². The number of ether oxygens (including phenoxy) is 3. The summed E-state index contributed by atoms with van der Waals surface area (Å²) in [5.74, 6) is 0.332. The van der Waals surface area contributed by atoms with E-state index >= 15 is 0 Å². The monoisotopic (exact) mass is 463 g/mol. The smallest absolute Gasteiger partial charge is 0.257 e. The second kappa shape index (κ2) is 9.49. The van der Waals surface area contributed by atoms with Crippen LogP contribution < -0.4 is 4.74 Å². The van der Waals surface area contributed by atoms with Crippen LogP contribution in [-0.2, 0) is 14.3 Å². The summed E-state index contributed by atoms with van der Waals surface area (Å²) in [5.41, 5.74) is 5.44. The number of para-hydroxylation sites is 1. The first-order chi connectivity index (χ1) is 16.5.